The van der Waals surface area contributed by atoms with E-state index >= 15 is 0 Å². The second kappa shape index (κ2) is 6.04. The number of aliphatic carboxylic acids is 1. The first kappa shape index (κ1) is 15.2. The van der Waals surface area contributed by atoms with Crippen molar-refractivity contribution in [2.75, 3.05) is 13.1 Å². The summed E-state index contributed by atoms with van der Waals surface area (Å²) in [5.74, 6) is -1.63. The third-order valence-corrected chi connectivity index (χ3v) is 3.54. The summed E-state index contributed by atoms with van der Waals surface area (Å²) in [6.45, 7) is 3.56. The first-order chi connectivity index (χ1) is 9.90. The molecule has 112 valence electrons. The topological polar surface area (TPSA) is 92.0 Å². The minimum atomic E-state index is -1.12. The summed E-state index contributed by atoms with van der Waals surface area (Å²) in [5, 5.41) is 10.6. The van der Waals surface area contributed by atoms with E-state index in [1.807, 2.05) is 13.8 Å². The Morgan fingerprint density at radius 1 is 1.48 bits per heavy atom. The fraction of sp³-hybridized carbons (Fsp3) is 0.385. The van der Waals surface area contributed by atoms with Gasteiger partial charge < -0.3 is 10.0 Å². The molecule has 2 aromatic rings. The number of aromatic nitrogens is 2. The lowest BCUT2D eigenvalue weighted by Gasteiger charge is -2.22. The smallest absolute Gasteiger partial charge is 0.323 e. The van der Waals surface area contributed by atoms with Gasteiger partial charge in [0.25, 0.3) is 11.5 Å². The first-order valence-electron chi connectivity index (χ1n) is 6.36. The van der Waals surface area contributed by atoms with Crippen molar-refractivity contribution in [1.82, 2.24) is 14.3 Å². The summed E-state index contributed by atoms with van der Waals surface area (Å²) in [5.41, 5.74) is -0.599. The second-order valence-electron chi connectivity index (χ2n) is 5.01. The van der Waals surface area contributed by atoms with E-state index in [0.717, 1.165) is 4.90 Å². The molecule has 0 atom stereocenters. The van der Waals surface area contributed by atoms with Crippen LogP contribution in [-0.4, -0.2) is 44.4 Å². The number of thiazole rings is 1. The number of carboxylic acids is 1. The van der Waals surface area contributed by atoms with E-state index in [2.05, 4.69) is 4.98 Å². The molecule has 1 amide bonds. The van der Waals surface area contributed by atoms with Gasteiger partial charge in [-0.1, -0.05) is 13.8 Å². The fourth-order valence-electron chi connectivity index (χ4n) is 1.96. The Labute approximate surface area is 124 Å². The van der Waals surface area contributed by atoms with E-state index in [0.29, 0.717) is 4.96 Å². The van der Waals surface area contributed by atoms with Gasteiger partial charge in [-0.15, -0.1) is 11.3 Å². The molecule has 2 heterocycles. The van der Waals surface area contributed by atoms with Gasteiger partial charge in [-0.3, -0.25) is 18.8 Å². The predicted molar refractivity (Wildman–Crippen MR) is 77.7 cm³/mol. The monoisotopic (exact) mass is 309 g/mol. The number of nitrogens with zero attached hydrogens (tertiary/aromatic N) is 3. The lowest BCUT2D eigenvalue weighted by atomic mass is 10.2. The fourth-order valence-corrected chi connectivity index (χ4v) is 2.64. The summed E-state index contributed by atoms with van der Waals surface area (Å²) in [6.07, 6.45) is 2.75. The molecule has 0 unspecified atom stereocenters. The molecule has 1 N–H and O–H groups in total. The molecular formula is C13H15N3O4S. The van der Waals surface area contributed by atoms with Crippen LogP contribution in [0.2, 0.25) is 0 Å². The Hall–Kier alpha value is -2.22. The minimum Gasteiger partial charge on any atom is -0.480 e. The standard InChI is InChI=1S/C13H15N3O4S/c1-8(2)6-15(7-10(17)18)11(19)9-5-14-13-16(12(9)20)3-4-21-13/h3-5,8H,6-7H2,1-2H3,(H,17,18). The highest BCUT2D eigenvalue weighted by molar-refractivity contribution is 7.15. The van der Waals surface area contributed by atoms with Gasteiger partial charge in [0.15, 0.2) is 4.96 Å². The van der Waals surface area contributed by atoms with Crippen molar-refractivity contribution in [3.8, 4) is 0 Å². The van der Waals surface area contributed by atoms with Gasteiger partial charge in [0.2, 0.25) is 0 Å². The summed E-state index contributed by atoms with van der Waals surface area (Å²) in [6, 6.07) is 0. The molecule has 0 radical (unpaired) electrons. The van der Waals surface area contributed by atoms with Crippen molar-refractivity contribution in [1.29, 1.82) is 0 Å². The quantitative estimate of drug-likeness (QED) is 0.887. The molecule has 2 aromatic heterocycles. The predicted octanol–water partition coefficient (Wildman–Crippen LogP) is 0.939. The number of hydrogen-bond donors (Lipinski definition) is 1. The Morgan fingerprint density at radius 3 is 2.81 bits per heavy atom. The number of amides is 1. The summed E-state index contributed by atoms with van der Waals surface area (Å²) >= 11 is 1.28. The summed E-state index contributed by atoms with van der Waals surface area (Å²) in [7, 11) is 0. The highest BCUT2D eigenvalue weighted by atomic mass is 32.1. The molecule has 0 saturated carbocycles. The zero-order chi connectivity index (χ0) is 15.6. The zero-order valence-electron chi connectivity index (χ0n) is 11.6. The van der Waals surface area contributed by atoms with Crippen LogP contribution in [0.4, 0.5) is 0 Å². The molecule has 0 fully saturated rings. The molecule has 7 nitrogen and oxygen atoms in total. The Kier molecular flexibility index (Phi) is 4.37. The number of carbonyl (C=O) groups is 2. The number of hydrogen-bond acceptors (Lipinski definition) is 5. The van der Waals surface area contributed by atoms with Gasteiger partial charge in [0.05, 0.1) is 0 Å². The SMILES string of the molecule is CC(C)CN(CC(=O)O)C(=O)c1cnc2sccn2c1=O. The molecule has 0 spiro atoms. The van der Waals surface area contributed by atoms with Crippen LogP contribution < -0.4 is 5.56 Å². The van der Waals surface area contributed by atoms with E-state index in [1.54, 1.807) is 5.38 Å². The van der Waals surface area contributed by atoms with Crippen molar-refractivity contribution in [2.45, 2.75) is 13.8 Å². The van der Waals surface area contributed by atoms with Crippen molar-refractivity contribution < 1.29 is 14.7 Å². The van der Waals surface area contributed by atoms with Crippen LogP contribution >= 0.6 is 11.3 Å². The van der Waals surface area contributed by atoms with Crippen LogP contribution in [0, 0.1) is 5.92 Å². The largest absolute Gasteiger partial charge is 0.480 e. The number of carboxylic acid groups (broad SMARTS) is 1. The Bertz CT molecular complexity index is 734. The zero-order valence-corrected chi connectivity index (χ0v) is 12.5. The molecule has 0 aliphatic heterocycles. The van der Waals surface area contributed by atoms with E-state index in [9.17, 15) is 14.4 Å². The normalized spacial score (nSPS) is 11.0. The summed E-state index contributed by atoms with van der Waals surface area (Å²) < 4.78 is 1.28. The third kappa shape index (κ3) is 3.27. The van der Waals surface area contributed by atoms with Crippen molar-refractivity contribution in [2.24, 2.45) is 5.92 Å². The van der Waals surface area contributed by atoms with Crippen molar-refractivity contribution in [3.63, 3.8) is 0 Å². The molecule has 8 heteroatoms. The Morgan fingerprint density at radius 2 is 2.19 bits per heavy atom. The maximum Gasteiger partial charge on any atom is 0.323 e. The number of carbonyl (C=O) groups excluding carboxylic acids is 1. The highest BCUT2D eigenvalue weighted by Crippen LogP contribution is 2.08. The second-order valence-corrected chi connectivity index (χ2v) is 5.88. The van der Waals surface area contributed by atoms with Gasteiger partial charge in [-0.25, -0.2) is 4.98 Å². The maximum atomic E-state index is 12.4. The molecule has 2 rings (SSSR count). The van der Waals surface area contributed by atoms with Gasteiger partial charge in [-0.2, -0.15) is 0 Å². The molecule has 0 saturated heterocycles. The molecular weight excluding hydrogens is 294 g/mol. The van der Waals surface area contributed by atoms with Gasteiger partial charge in [0, 0.05) is 24.3 Å². The van der Waals surface area contributed by atoms with Crippen LogP contribution in [-0.2, 0) is 4.79 Å². The van der Waals surface area contributed by atoms with Gasteiger partial charge >= 0.3 is 5.97 Å². The minimum absolute atomic E-state index is 0.0916. The van der Waals surface area contributed by atoms with Crippen LogP contribution in [0.15, 0.2) is 22.6 Å². The lowest BCUT2D eigenvalue weighted by Crippen LogP contribution is -2.41. The van der Waals surface area contributed by atoms with Crippen molar-refractivity contribution in [3.05, 3.63) is 33.7 Å². The maximum absolute atomic E-state index is 12.4. The molecule has 0 aromatic carbocycles. The molecule has 0 bridgehead atoms. The average molecular weight is 309 g/mol. The van der Waals surface area contributed by atoms with E-state index in [-0.39, 0.29) is 18.0 Å². The third-order valence-electron chi connectivity index (χ3n) is 2.77. The van der Waals surface area contributed by atoms with E-state index in [4.69, 9.17) is 5.11 Å². The average Bonchev–Trinajstić information content (AvgIpc) is 2.86. The molecule has 0 aliphatic rings. The van der Waals surface area contributed by atoms with Crippen LogP contribution in [0.3, 0.4) is 0 Å². The van der Waals surface area contributed by atoms with Crippen LogP contribution in [0.25, 0.3) is 4.96 Å². The van der Waals surface area contributed by atoms with E-state index < -0.39 is 24.0 Å². The molecule has 0 aliphatic carbocycles. The van der Waals surface area contributed by atoms with Gasteiger partial charge in [0.1, 0.15) is 12.1 Å². The molecule has 21 heavy (non-hydrogen) atoms. The lowest BCUT2D eigenvalue weighted by molar-refractivity contribution is -0.137. The highest BCUT2D eigenvalue weighted by Gasteiger charge is 2.23. The summed E-state index contributed by atoms with van der Waals surface area (Å²) in [4.78, 5) is 41.2. The van der Waals surface area contributed by atoms with E-state index in [1.165, 1.54) is 28.1 Å². The Balaban J connectivity index is 2.40. The number of rotatable bonds is 5. The first-order valence-corrected chi connectivity index (χ1v) is 7.24. The number of fused-ring (bicyclic) bond motifs is 1. The van der Waals surface area contributed by atoms with Crippen LogP contribution in [0.5, 0.6) is 0 Å². The van der Waals surface area contributed by atoms with Crippen LogP contribution in [0.1, 0.15) is 24.2 Å². The van der Waals surface area contributed by atoms with Crippen molar-refractivity contribution >= 4 is 28.2 Å². The van der Waals surface area contributed by atoms with Gasteiger partial charge in [-0.05, 0) is 5.92 Å².